The molecule has 2 aromatic carbocycles. The van der Waals surface area contributed by atoms with Gasteiger partial charge in [-0.05, 0) is 42.9 Å². The van der Waals surface area contributed by atoms with Crippen molar-refractivity contribution in [1.29, 1.82) is 0 Å². The van der Waals surface area contributed by atoms with Gasteiger partial charge in [-0.3, -0.25) is 4.79 Å². The highest BCUT2D eigenvalue weighted by atomic mass is 35.5. The van der Waals surface area contributed by atoms with Gasteiger partial charge in [-0.25, -0.2) is 9.18 Å². The van der Waals surface area contributed by atoms with Crippen LogP contribution >= 0.6 is 11.6 Å². The Morgan fingerprint density at radius 3 is 2.81 bits per heavy atom. The number of urea groups is 1. The van der Waals surface area contributed by atoms with E-state index in [1.807, 2.05) is 0 Å². The molecule has 1 heterocycles. The fourth-order valence-electron chi connectivity index (χ4n) is 2.82. The maximum absolute atomic E-state index is 14.3. The number of rotatable bonds is 4. The van der Waals surface area contributed by atoms with Crippen molar-refractivity contribution >= 4 is 34.1 Å². The van der Waals surface area contributed by atoms with Crippen molar-refractivity contribution in [1.82, 2.24) is 9.88 Å². The summed E-state index contributed by atoms with van der Waals surface area (Å²) in [6.07, 6.45) is 1.30. The summed E-state index contributed by atoms with van der Waals surface area (Å²) in [6, 6.07) is 7.93. The Labute approximate surface area is 167 Å². The Morgan fingerprint density at radius 2 is 2.07 bits per heavy atom. The van der Waals surface area contributed by atoms with Crippen molar-refractivity contribution < 1.29 is 16.0 Å². The summed E-state index contributed by atoms with van der Waals surface area (Å²) >= 11 is 5.74. The van der Waals surface area contributed by atoms with Gasteiger partial charge in [-0.2, -0.15) is 0 Å². The number of carbonyl (C=O) groups is 1. The summed E-state index contributed by atoms with van der Waals surface area (Å²) in [7, 11) is 0. The van der Waals surface area contributed by atoms with Crippen LogP contribution in [0.4, 0.5) is 14.9 Å². The average molecular weight is 393 g/mol. The molecule has 0 saturated heterocycles. The van der Waals surface area contributed by atoms with Gasteiger partial charge in [0.15, 0.2) is 5.82 Å². The molecular weight excluding hydrogens is 369 g/mol. The number of fused-ring (bicyclic) bond motifs is 1. The first kappa shape index (κ1) is 13.3. The standard InChI is InChI=1S/C20H19ClFN3O2/c1-3-25(20(27)24-17-10-6-9-16(21)18(17)22)12(2)15-11-23-19(26)14-8-5-4-7-13(14)15/h4-12H,3H2,1-2H3,(H,23,26)(H,24,27)/t12-/m1/s1/i1D3,3D2. The fraction of sp³-hybridized carbons (Fsp3) is 0.200. The molecule has 0 aliphatic rings. The Balaban J connectivity index is 2.14. The average Bonchev–Trinajstić information content (AvgIpc) is 2.71. The van der Waals surface area contributed by atoms with E-state index >= 15 is 0 Å². The normalized spacial score (nSPS) is 15.7. The summed E-state index contributed by atoms with van der Waals surface area (Å²) in [4.78, 5) is 28.3. The molecule has 140 valence electrons. The van der Waals surface area contributed by atoms with Gasteiger partial charge in [0.2, 0.25) is 0 Å². The Hall–Kier alpha value is -2.86. The number of nitrogens with one attached hydrogen (secondary N) is 2. The van der Waals surface area contributed by atoms with E-state index in [4.69, 9.17) is 18.5 Å². The minimum absolute atomic E-state index is 0.271. The Morgan fingerprint density at radius 1 is 1.33 bits per heavy atom. The SMILES string of the molecule is [2H]C([2H])([2H])C([2H])([2H])N(C(=O)Nc1cccc(Cl)c1F)[C@H](C)c1c[nH]c(=O)c2ccccc12. The molecule has 27 heavy (non-hydrogen) atoms. The van der Waals surface area contributed by atoms with Crippen LogP contribution in [0.15, 0.2) is 53.5 Å². The molecular formula is C20H19ClFN3O2. The lowest BCUT2D eigenvalue weighted by molar-refractivity contribution is 0.197. The predicted molar refractivity (Wildman–Crippen MR) is 106 cm³/mol. The van der Waals surface area contributed by atoms with Gasteiger partial charge < -0.3 is 15.2 Å². The zero-order chi connectivity index (χ0) is 23.8. The van der Waals surface area contributed by atoms with E-state index in [0.717, 1.165) is 0 Å². The zero-order valence-electron chi connectivity index (χ0n) is 19.2. The second kappa shape index (κ2) is 7.80. The molecule has 0 fully saturated rings. The first-order valence-electron chi connectivity index (χ1n) is 10.5. The number of hydrogen-bond acceptors (Lipinski definition) is 2. The number of nitrogens with zero attached hydrogens (tertiary/aromatic N) is 1. The van der Waals surface area contributed by atoms with Crippen LogP contribution in [-0.4, -0.2) is 22.4 Å². The number of benzene rings is 2. The third-order valence-electron chi connectivity index (χ3n) is 4.21. The van der Waals surface area contributed by atoms with E-state index in [1.54, 1.807) is 24.3 Å². The first-order valence-corrected chi connectivity index (χ1v) is 8.38. The molecule has 0 aliphatic carbocycles. The highest BCUT2D eigenvalue weighted by molar-refractivity contribution is 6.31. The molecule has 3 rings (SSSR count). The second-order valence-electron chi connectivity index (χ2n) is 5.81. The van der Waals surface area contributed by atoms with Crippen LogP contribution in [0, 0.1) is 5.82 Å². The Bertz CT molecular complexity index is 1230. The molecule has 7 heteroatoms. The van der Waals surface area contributed by atoms with Crippen LogP contribution in [0.5, 0.6) is 0 Å². The highest BCUT2D eigenvalue weighted by Crippen LogP contribution is 2.27. The Kier molecular flexibility index (Phi) is 3.85. The molecule has 0 aliphatic heterocycles. The van der Waals surface area contributed by atoms with Gasteiger partial charge in [-0.1, -0.05) is 35.9 Å². The smallest absolute Gasteiger partial charge is 0.322 e. The summed E-state index contributed by atoms with van der Waals surface area (Å²) in [6.45, 7) is -4.97. The van der Waals surface area contributed by atoms with Crippen LogP contribution < -0.4 is 10.9 Å². The molecule has 0 unspecified atom stereocenters. The second-order valence-corrected chi connectivity index (χ2v) is 6.22. The minimum atomic E-state index is -3.23. The number of carbonyl (C=O) groups excluding carboxylic acids is 1. The lowest BCUT2D eigenvalue weighted by atomic mass is 10.0. The van der Waals surface area contributed by atoms with Gasteiger partial charge in [0.05, 0.1) is 16.8 Å². The molecule has 0 bridgehead atoms. The van der Waals surface area contributed by atoms with E-state index in [1.165, 1.54) is 31.3 Å². The molecule has 2 amide bonds. The molecule has 5 nitrogen and oxygen atoms in total. The summed E-state index contributed by atoms with van der Waals surface area (Å²) in [5.41, 5.74) is -0.435. The monoisotopic (exact) mass is 392 g/mol. The molecule has 0 radical (unpaired) electrons. The molecule has 3 aromatic rings. The van der Waals surface area contributed by atoms with E-state index in [0.29, 0.717) is 15.8 Å². The van der Waals surface area contributed by atoms with Gasteiger partial charge in [-0.15, -0.1) is 0 Å². The van der Waals surface area contributed by atoms with Crippen molar-refractivity contribution in [3.63, 3.8) is 0 Å². The van der Waals surface area contributed by atoms with Crippen LogP contribution in [0.2, 0.25) is 5.02 Å². The van der Waals surface area contributed by atoms with Gasteiger partial charge in [0.25, 0.3) is 5.56 Å². The number of hydrogen-bond donors (Lipinski definition) is 2. The summed E-state index contributed by atoms with van der Waals surface area (Å²) in [5, 5.41) is 2.63. The van der Waals surface area contributed by atoms with Gasteiger partial charge in [0, 0.05) is 24.9 Å². The quantitative estimate of drug-likeness (QED) is 0.660. The van der Waals surface area contributed by atoms with Crippen LogP contribution in [0.25, 0.3) is 10.8 Å². The lowest BCUT2D eigenvalue weighted by Crippen LogP contribution is -2.37. The molecule has 1 aromatic heterocycles. The van der Waals surface area contributed by atoms with Crippen molar-refractivity contribution in [3.8, 4) is 0 Å². The summed E-state index contributed by atoms with van der Waals surface area (Å²) in [5.74, 6) is -0.945. The van der Waals surface area contributed by atoms with Crippen molar-refractivity contribution in [2.75, 3.05) is 11.8 Å². The zero-order valence-corrected chi connectivity index (χ0v) is 15.0. The van der Waals surface area contributed by atoms with Crippen molar-refractivity contribution in [2.24, 2.45) is 0 Å². The number of halogens is 2. The number of amides is 2. The van der Waals surface area contributed by atoms with E-state index in [9.17, 15) is 14.0 Å². The summed E-state index contributed by atoms with van der Waals surface area (Å²) < 4.78 is 53.7. The minimum Gasteiger partial charge on any atom is -0.328 e. The highest BCUT2D eigenvalue weighted by Gasteiger charge is 2.23. The van der Waals surface area contributed by atoms with E-state index < -0.39 is 36.8 Å². The third kappa shape index (κ3) is 3.66. The van der Waals surface area contributed by atoms with Crippen LogP contribution in [0.3, 0.4) is 0 Å². The topological polar surface area (TPSA) is 65.2 Å². The fourth-order valence-corrected chi connectivity index (χ4v) is 2.99. The number of aromatic amines is 1. The van der Waals surface area contributed by atoms with Gasteiger partial charge >= 0.3 is 6.03 Å². The maximum Gasteiger partial charge on any atom is 0.322 e. The van der Waals surface area contributed by atoms with E-state index in [2.05, 4.69) is 10.3 Å². The largest absolute Gasteiger partial charge is 0.328 e. The van der Waals surface area contributed by atoms with Gasteiger partial charge in [0.1, 0.15) is 0 Å². The number of H-pyrrole nitrogens is 1. The first-order chi connectivity index (χ1) is 14.9. The van der Waals surface area contributed by atoms with Crippen molar-refractivity contribution in [3.05, 3.63) is 75.4 Å². The predicted octanol–water partition coefficient (Wildman–Crippen LogP) is 4.94. The molecule has 0 saturated carbocycles. The number of pyridine rings is 1. The van der Waals surface area contributed by atoms with Crippen LogP contribution in [-0.2, 0) is 0 Å². The number of aromatic nitrogens is 1. The number of anilines is 1. The maximum atomic E-state index is 14.3. The molecule has 0 spiro atoms. The van der Waals surface area contributed by atoms with Crippen LogP contribution in [0.1, 0.15) is 32.2 Å². The van der Waals surface area contributed by atoms with Crippen molar-refractivity contribution in [2.45, 2.75) is 19.8 Å². The van der Waals surface area contributed by atoms with E-state index in [-0.39, 0.29) is 16.1 Å². The lowest BCUT2D eigenvalue weighted by Gasteiger charge is -2.29. The molecule has 2 N–H and O–H groups in total. The molecule has 1 atom stereocenters. The third-order valence-corrected chi connectivity index (χ3v) is 4.50.